The Morgan fingerprint density at radius 3 is 3.08 bits per heavy atom. The predicted molar refractivity (Wildman–Crippen MR) is 45.6 cm³/mol. The average Bonchev–Trinajstić information content (AvgIpc) is 2.09. The minimum atomic E-state index is 0.125. The van der Waals surface area contributed by atoms with E-state index >= 15 is 0 Å². The summed E-state index contributed by atoms with van der Waals surface area (Å²) in [6, 6.07) is 3.19. The first kappa shape index (κ1) is 8.46. The van der Waals surface area contributed by atoms with Crippen LogP contribution in [0.25, 0.3) is 6.08 Å². The Balaban J connectivity index is 2.74. The summed E-state index contributed by atoms with van der Waals surface area (Å²) in [6.45, 7) is 0. The molecule has 1 N–H and O–H groups in total. The van der Waals surface area contributed by atoms with Crippen molar-refractivity contribution < 1.29 is 9.90 Å². The zero-order chi connectivity index (χ0) is 8.81. The molecule has 0 aliphatic carbocycles. The van der Waals surface area contributed by atoms with Crippen LogP contribution in [-0.4, -0.2) is 16.4 Å². The number of carbonyl (C=O) groups is 1. The molecule has 0 radical (unpaired) electrons. The van der Waals surface area contributed by atoms with Crippen LogP contribution >= 0.6 is 0 Å². The first-order valence-electron chi connectivity index (χ1n) is 3.58. The lowest BCUT2D eigenvalue weighted by atomic mass is 10.3. The second-order valence-electron chi connectivity index (χ2n) is 2.21. The average molecular weight is 163 g/mol. The number of hydrogen-bond donors (Lipinski definition) is 1. The predicted octanol–water partition coefficient (Wildman–Crippen LogP) is 1.39. The van der Waals surface area contributed by atoms with Crippen LogP contribution in [0.3, 0.4) is 0 Å². The van der Waals surface area contributed by atoms with Gasteiger partial charge in [0, 0.05) is 12.6 Å². The number of aromatic nitrogens is 1. The highest BCUT2D eigenvalue weighted by Crippen LogP contribution is 2.13. The second-order valence-corrected chi connectivity index (χ2v) is 2.21. The topological polar surface area (TPSA) is 50.2 Å². The maximum absolute atomic E-state index is 9.95. The molecule has 1 aromatic rings. The molecule has 3 heteroatoms. The summed E-state index contributed by atoms with van der Waals surface area (Å²) in [5.41, 5.74) is 0.486. The summed E-state index contributed by atoms with van der Waals surface area (Å²) < 4.78 is 0. The molecule has 0 saturated heterocycles. The van der Waals surface area contributed by atoms with E-state index in [0.29, 0.717) is 12.1 Å². The highest BCUT2D eigenvalue weighted by atomic mass is 16.3. The first-order chi connectivity index (χ1) is 5.84. The third-order valence-corrected chi connectivity index (χ3v) is 1.32. The normalized spacial score (nSPS) is 10.3. The Kier molecular flexibility index (Phi) is 3.02. The van der Waals surface area contributed by atoms with Gasteiger partial charge in [0.1, 0.15) is 17.7 Å². The second kappa shape index (κ2) is 4.28. The van der Waals surface area contributed by atoms with Gasteiger partial charge in [-0.15, -0.1) is 0 Å². The largest absolute Gasteiger partial charge is 0.506 e. The molecule has 0 saturated carbocycles. The van der Waals surface area contributed by atoms with Crippen LogP contribution in [0.5, 0.6) is 5.75 Å². The number of aldehydes is 1. The van der Waals surface area contributed by atoms with E-state index in [1.807, 2.05) is 0 Å². The number of allylic oxidation sites excluding steroid dienone is 1. The van der Waals surface area contributed by atoms with Crippen molar-refractivity contribution in [2.45, 2.75) is 6.42 Å². The SMILES string of the molecule is O=CCC=Cc1ncccc1O. The molecule has 0 unspecified atom stereocenters. The zero-order valence-corrected chi connectivity index (χ0v) is 6.47. The monoisotopic (exact) mass is 163 g/mol. The van der Waals surface area contributed by atoms with Gasteiger partial charge in [-0.1, -0.05) is 6.08 Å². The van der Waals surface area contributed by atoms with Crippen LogP contribution in [0.1, 0.15) is 12.1 Å². The van der Waals surface area contributed by atoms with Gasteiger partial charge in [0.05, 0.1) is 0 Å². The third-order valence-electron chi connectivity index (χ3n) is 1.32. The lowest BCUT2D eigenvalue weighted by Gasteiger charge is -1.94. The van der Waals surface area contributed by atoms with E-state index in [1.54, 1.807) is 30.5 Å². The quantitative estimate of drug-likeness (QED) is 0.685. The van der Waals surface area contributed by atoms with Crippen molar-refractivity contribution in [2.75, 3.05) is 0 Å². The number of rotatable bonds is 3. The van der Waals surface area contributed by atoms with Crippen LogP contribution in [0, 0.1) is 0 Å². The van der Waals surface area contributed by atoms with E-state index in [4.69, 9.17) is 0 Å². The maximum Gasteiger partial charge on any atom is 0.141 e. The van der Waals surface area contributed by atoms with Crippen molar-refractivity contribution >= 4 is 12.4 Å². The van der Waals surface area contributed by atoms with E-state index in [2.05, 4.69) is 4.98 Å². The number of hydrogen-bond acceptors (Lipinski definition) is 3. The van der Waals surface area contributed by atoms with Crippen molar-refractivity contribution in [1.82, 2.24) is 4.98 Å². The Bertz CT molecular complexity index is 294. The molecule has 0 amide bonds. The molecule has 0 atom stereocenters. The first-order valence-corrected chi connectivity index (χ1v) is 3.58. The van der Waals surface area contributed by atoms with Gasteiger partial charge in [0.15, 0.2) is 0 Å². The molecule has 0 bridgehead atoms. The molecule has 0 aliphatic heterocycles. The molecule has 3 nitrogen and oxygen atoms in total. The standard InChI is InChI=1S/C9H9NO2/c11-7-2-1-4-8-9(12)5-3-6-10-8/h1,3-7,12H,2H2. The van der Waals surface area contributed by atoms with Gasteiger partial charge in [-0.25, -0.2) is 0 Å². The fourth-order valence-corrected chi connectivity index (χ4v) is 0.773. The number of aromatic hydroxyl groups is 1. The summed E-state index contributed by atoms with van der Waals surface area (Å²) >= 11 is 0. The minimum Gasteiger partial charge on any atom is -0.506 e. The lowest BCUT2D eigenvalue weighted by Crippen LogP contribution is -1.79. The van der Waals surface area contributed by atoms with Crippen molar-refractivity contribution in [1.29, 1.82) is 0 Å². The number of pyridine rings is 1. The van der Waals surface area contributed by atoms with Gasteiger partial charge in [0.25, 0.3) is 0 Å². The third kappa shape index (κ3) is 2.20. The number of carbonyl (C=O) groups excluding carboxylic acids is 1. The lowest BCUT2D eigenvalue weighted by molar-refractivity contribution is -0.107. The van der Waals surface area contributed by atoms with Gasteiger partial charge in [-0.2, -0.15) is 0 Å². The Hall–Kier alpha value is -1.64. The van der Waals surface area contributed by atoms with Crippen molar-refractivity contribution in [3.05, 3.63) is 30.1 Å². The van der Waals surface area contributed by atoms with Gasteiger partial charge >= 0.3 is 0 Å². The van der Waals surface area contributed by atoms with Crippen LogP contribution in [0.4, 0.5) is 0 Å². The summed E-state index contributed by atoms with van der Waals surface area (Å²) in [6.07, 6.45) is 5.98. The maximum atomic E-state index is 9.95. The molecule has 12 heavy (non-hydrogen) atoms. The summed E-state index contributed by atoms with van der Waals surface area (Å²) in [4.78, 5) is 13.8. The summed E-state index contributed by atoms with van der Waals surface area (Å²) in [7, 11) is 0. The Labute approximate surface area is 70.4 Å². The summed E-state index contributed by atoms with van der Waals surface area (Å²) in [5.74, 6) is 0.125. The fraction of sp³-hybridized carbons (Fsp3) is 0.111. The molecule has 0 spiro atoms. The van der Waals surface area contributed by atoms with E-state index in [9.17, 15) is 9.90 Å². The van der Waals surface area contributed by atoms with E-state index in [-0.39, 0.29) is 5.75 Å². The highest BCUT2D eigenvalue weighted by molar-refractivity contribution is 5.58. The van der Waals surface area contributed by atoms with Crippen molar-refractivity contribution in [3.63, 3.8) is 0 Å². The molecule has 0 aromatic carbocycles. The van der Waals surface area contributed by atoms with Crippen LogP contribution in [-0.2, 0) is 4.79 Å². The molecule has 0 fully saturated rings. The van der Waals surface area contributed by atoms with Crippen LogP contribution in [0.2, 0.25) is 0 Å². The zero-order valence-electron chi connectivity index (χ0n) is 6.47. The van der Waals surface area contributed by atoms with Gasteiger partial charge in [-0.3, -0.25) is 4.98 Å². The van der Waals surface area contributed by atoms with Gasteiger partial charge in [-0.05, 0) is 18.2 Å². The van der Waals surface area contributed by atoms with Crippen molar-refractivity contribution in [3.8, 4) is 5.75 Å². The molecular weight excluding hydrogens is 154 g/mol. The summed E-state index contributed by atoms with van der Waals surface area (Å²) in [5, 5.41) is 9.21. The van der Waals surface area contributed by atoms with Gasteiger partial charge < -0.3 is 9.90 Å². The van der Waals surface area contributed by atoms with E-state index < -0.39 is 0 Å². The molecule has 1 rings (SSSR count). The van der Waals surface area contributed by atoms with Crippen LogP contribution < -0.4 is 0 Å². The Morgan fingerprint density at radius 1 is 1.58 bits per heavy atom. The minimum absolute atomic E-state index is 0.125. The molecule has 1 aromatic heterocycles. The molecule has 0 aliphatic rings. The molecule has 62 valence electrons. The highest BCUT2D eigenvalue weighted by Gasteiger charge is 1.93. The van der Waals surface area contributed by atoms with E-state index in [1.165, 1.54) is 0 Å². The smallest absolute Gasteiger partial charge is 0.141 e. The fourth-order valence-electron chi connectivity index (χ4n) is 0.773. The van der Waals surface area contributed by atoms with Gasteiger partial charge in [0.2, 0.25) is 0 Å². The van der Waals surface area contributed by atoms with Crippen LogP contribution in [0.15, 0.2) is 24.4 Å². The number of nitrogens with zero attached hydrogens (tertiary/aromatic N) is 1. The van der Waals surface area contributed by atoms with E-state index in [0.717, 1.165) is 6.29 Å². The molecule has 1 heterocycles. The molecular formula is C9H9NO2. The Morgan fingerprint density at radius 2 is 2.42 bits per heavy atom. The van der Waals surface area contributed by atoms with Crippen molar-refractivity contribution in [2.24, 2.45) is 0 Å².